The van der Waals surface area contributed by atoms with Crippen LogP contribution < -0.4 is 24.8 Å². The van der Waals surface area contributed by atoms with E-state index in [-0.39, 0.29) is 46.5 Å². The molecule has 0 bridgehead atoms. The van der Waals surface area contributed by atoms with Crippen molar-refractivity contribution in [3.8, 4) is 11.4 Å². The monoisotopic (exact) mass is 478 g/mol. The van der Waals surface area contributed by atoms with Crippen LogP contribution in [0, 0.1) is 0 Å². The van der Waals surface area contributed by atoms with Gasteiger partial charge in [0.05, 0.1) is 0 Å². The molecule has 6 aromatic rings. The van der Waals surface area contributed by atoms with Crippen LogP contribution in [0.4, 0.5) is 0 Å². The number of aromatic nitrogens is 2. The van der Waals surface area contributed by atoms with Gasteiger partial charge in [-0.25, -0.2) is 0 Å². The van der Waals surface area contributed by atoms with Crippen molar-refractivity contribution in [2.24, 2.45) is 0 Å². The molecule has 0 atom stereocenters. The number of rotatable bonds is 2. The van der Waals surface area contributed by atoms with Crippen molar-refractivity contribution in [2.75, 3.05) is 0 Å². The first-order valence-electron chi connectivity index (χ1n) is 9.44. The zero-order chi connectivity index (χ0) is 18.8. The van der Waals surface area contributed by atoms with Crippen LogP contribution in [-0.4, -0.2) is 9.13 Å². The van der Waals surface area contributed by atoms with E-state index in [4.69, 9.17) is 0 Å². The molecule has 0 amide bonds. The van der Waals surface area contributed by atoms with Crippen LogP contribution in [0.3, 0.4) is 0 Å². The maximum atomic E-state index is 2.20. The average molecular weight is 479 g/mol. The van der Waals surface area contributed by atoms with Gasteiger partial charge in [0, 0.05) is 24.8 Å². The summed E-state index contributed by atoms with van der Waals surface area (Å²) in [6, 6.07) is 33.8. The van der Waals surface area contributed by atoms with Crippen LogP contribution in [0.1, 0.15) is 0 Å². The van der Waals surface area contributed by atoms with Crippen molar-refractivity contribution in [3.05, 3.63) is 122 Å². The summed E-state index contributed by atoms with van der Waals surface area (Å²) >= 11 is 0. The largest absolute Gasteiger partial charge is 4.00 e. The van der Waals surface area contributed by atoms with Gasteiger partial charge in [-0.2, -0.15) is 0 Å². The van der Waals surface area contributed by atoms with Gasteiger partial charge in [0.25, 0.3) is 0 Å². The number of benzene rings is 2. The van der Waals surface area contributed by atoms with Gasteiger partial charge >= 0.3 is 21.7 Å². The fourth-order valence-electron chi connectivity index (χ4n) is 3.58. The SMILES string of the molecule is [Cl-].[Cl-].[Ti+4].c1ccc2[cH-]c(-n3cccc3)cc2c1.c1ccc2[cH-]c(-n3cccc3)cc2c1. The van der Waals surface area contributed by atoms with Gasteiger partial charge in [0.1, 0.15) is 0 Å². The minimum atomic E-state index is 0. The first-order valence-corrected chi connectivity index (χ1v) is 9.44. The first-order chi connectivity index (χ1) is 13.9. The molecule has 0 spiro atoms. The van der Waals surface area contributed by atoms with Gasteiger partial charge in [-0.15, -0.1) is 82.2 Å². The van der Waals surface area contributed by atoms with Gasteiger partial charge in [-0.1, -0.05) is 12.1 Å². The molecule has 6 rings (SSSR count). The minimum absolute atomic E-state index is 0. The van der Waals surface area contributed by atoms with E-state index in [0.29, 0.717) is 0 Å². The summed E-state index contributed by atoms with van der Waals surface area (Å²) in [5.41, 5.74) is 2.47. The Labute approximate surface area is 209 Å². The molecule has 2 heterocycles. The second kappa shape index (κ2) is 11.2. The van der Waals surface area contributed by atoms with Crippen molar-refractivity contribution in [3.63, 3.8) is 0 Å². The van der Waals surface area contributed by atoms with E-state index >= 15 is 0 Å². The van der Waals surface area contributed by atoms with Gasteiger partial charge < -0.3 is 33.9 Å². The van der Waals surface area contributed by atoms with Crippen LogP contribution in [-0.2, 0) is 21.7 Å². The smallest absolute Gasteiger partial charge is 1.00 e. The number of hydrogen-bond acceptors (Lipinski definition) is 0. The summed E-state index contributed by atoms with van der Waals surface area (Å²) in [7, 11) is 0. The average Bonchev–Trinajstić information content (AvgIpc) is 3.54. The van der Waals surface area contributed by atoms with E-state index in [0.717, 1.165) is 0 Å². The normalized spacial score (nSPS) is 9.81. The maximum Gasteiger partial charge on any atom is 4.00 e. The third-order valence-corrected chi connectivity index (χ3v) is 5.01. The molecule has 0 aliphatic carbocycles. The Kier molecular flexibility index (Phi) is 8.97. The zero-order valence-electron chi connectivity index (χ0n) is 16.7. The Hall–Kier alpha value is -2.49. The summed E-state index contributed by atoms with van der Waals surface area (Å²) in [5, 5.41) is 5.21. The quantitative estimate of drug-likeness (QED) is 0.256. The number of nitrogens with zero attached hydrogens (tertiary/aromatic N) is 2. The maximum absolute atomic E-state index is 2.20. The van der Waals surface area contributed by atoms with Crippen LogP contribution in [0.5, 0.6) is 0 Å². The van der Waals surface area contributed by atoms with E-state index < -0.39 is 0 Å². The molecule has 0 radical (unpaired) electrons. The zero-order valence-corrected chi connectivity index (χ0v) is 19.8. The van der Waals surface area contributed by atoms with Crippen molar-refractivity contribution in [2.45, 2.75) is 0 Å². The Morgan fingerprint density at radius 1 is 0.484 bits per heavy atom. The van der Waals surface area contributed by atoms with E-state index in [2.05, 4.69) is 107 Å². The molecule has 2 nitrogen and oxygen atoms in total. The van der Waals surface area contributed by atoms with E-state index in [1.165, 1.54) is 32.9 Å². The second-order valence-corrected chi connectivity index (χ2v) is 6.87. The Morgan fingerprint density at radius 3 is 1.19 bits per heavy atom. The molecule has 2 aromatic heterocycles. The van der Waals surface area contributed by atoms with E-state index in [1.807, 2.05) is 24.3 Å². The number of fused-ring (bicyclic) bond motifs is 2. The first kappa shape index (κ1) is 24.8. The molecular formula is C26H20Cl2N2Ti. The molecule has 0 aliphatic rings. The minimum Gasteiger partial charge on any atom is -1.00 e. The standard InChI is InChI=1S/2C13H10N.2ClH.Ti/c2*1-2-6-12-10-13(9-11(12)5-1)14-7-3-4-8-14;;;/h2*1-10H;2*1H;/q2*-1;;;+4/p-2. The fraction of sp³-hybridized carbons (Fsp3) is 0. The molecule has 0 fully saturated rings. The van der Waals surface area contributed by atoms with E-state index in [9.17, 15) is 0 Å². The number of halogens is 2. The summed E-state index contributed by atoms with van der Waals surface area (Å²) in [4.78, 5) is 0. The van der Waals surface area contributed by atoms with Crippen molar-refractivity contribution in [1.29, 1.82) is 0 Å². The fourth-order valence-corrected chi connectivity index (χ4v) is 3.58. The molecule has 4 aromatic carbocycles. The Bertz CT molecular complexity index is 1140. The van der Waals surface area contributed by atoms with Gasteiger partial charge in [0.15, 0.2) is 0 Å². The molecule has 0 N–H and O–H groups in total. The van der Waals surface area contributed by atoms with Crippen LogP contribution in [0.25, 0.3) is 32.9 Å². The molecule has 0 saturated heterocycles. The summed E-state index contributed by atoms with van der Waals surface area (Å²) in [6.45, 7) is 0. The molecule has 152 valence electrons. The summed E-state index contributed by atoms with van der Waals surface area (Å²) in [6.07, 6.45) is 8.25. The van der Waals surface area contributed by atoms with Gasteiger partial charge in [-0.05, 0) is 35.6 Å². The molecule has 5 heteroatoms. The second-order valence-electron chi connectivity index (χ2n) is 6.87. The van der Waals surface area contributed by atoms with Gasteiger partial charge in [-0.3, -0.25) is 0 Å². The number of hydrogen-bond donors (Lipinski definition) is 0. The molecule has 31 heavy (non-hydrogen) atoms. The topological polar surface area (TPSA) is 9.86 Å². The molecule has 0 saturated carbocycles. The van der Waals surface area contributed by atoms with E-state index in [1.54, 1.807) is 0 Å². The summed E-state index contributed by atoms with van der Waals surface area (Å²) in [5.74, 6) is 0. The predicted molar refractivity (Wildman–Crippen MR) is 118 cm³/mol. The Morgan fingerprint density at radius 2 is 0.839 bits per heavy atom. The van der Waals surface area contributed by atoms with Crippen LogP contribution in [0.2, 0.25) is 0 Å². The molecular weight excluding hydrogens is 459 g/mol. The summed E-state index contributed by atoms with van der Waals surface area (Å²) < 4.78 is 4.25. The van der Waals surface area contributed by atoms with Gasteiger partial charge in [0.2, 0.25) is 0 Å². The molecule has 0 unspecified atom stereocenters. The van der Waals surface area contributed by atoms with Crippen LogP contribution in [0.15, 0.2) is 122 Å². The Balaban J connectivity index is 0.000000201. The third kappa shape index (κ3) is 5.41. The predicted octanol–water partition coefficient (Wildman–Crippen LogP) is 0.704. The van der Waals surface area contributed by atoms with Crippen LogP contribution >= 0.6 is 0 Å². The van der Waals surface area contributed by atoms with Crippen molar-refractivity contribution in [1.82, 2.24) is 9.13 Å². The molecule has 0 aliphatic heterocycles. The van der Waals surface area contributed by atoms with Crippen molar-refractivity contribution < 1.29 is 46.5 Å². The van der Waals surface area contributed by atoms with Crippen molar-refractivity contribution >= 4 is 21.5 Å². The third-order valence-electron chi connectivity index (χ3n) is 5.01.